The van der Waals surface area contributed by atoms with Crippen LogP contribution >= 0.6 is 22.6 Å². The van der Waals surface area contributed by atoms with E-state index in [4.69, 9.17) is 4.74 Å². The van der Waals surface area contributed by atoms with Crippen LogP contribution < -0.4 is 10.6 Å². The normalized spacial score (nSPS) is 18.1. The van der Waals surface area contributed by atoms with Crippen molar-refractivity contribution in [2.75, 3.05) is 25.5 Å². The van der Waals surface area contributed by atoms with Gasteiger partial charge in [0.15, 0.2) is 0 Å². The first kappa shape index (κ1) is 14.7. The van der Waals surface area contributed by atoms with Gasteiger partial charge in [0, 0.05) is 16.4 Å². The number of piperidine rings is 1. The summed E-state index contributed by atoms with van der Waals surface area (Å²) < 4.78 is 6.66. The van der Waals surface area contributed by atoms with Gasteiger partial charge >= 0.3 is 0 Å². The summed E-state index contributed by atoms with van der Waals surface area (Å²) in [6, 6.07) is 5.93. The first-order valence-corrected chi connectivity index (χ1v) is 7.49. The highest BCUT2D eigenvalue weighted by atomic mass is 127. The lowest BCUT2D eigenvalue weighted by atomic mass is 9.91. The van der Waals surface area contributed by atoms with Gasteiger partial charge < -0.3 is 15.4 Å². The maximum Gasteiger partial charge on any atom is 0.256 e. The maximum absolute atomic E-state index is 12.5. The third kappa shape index (κ3) is 3.27. The standard InChI is InChI=1S/C14H19IN2O2/c1-10-3-4-11(9-12(10)15)17-13(18)14(19-2)5-7-16-8-6-14/h3-4,9,16H,5-8H2,1-2H3,(H,17,18). The maximum atomic E-state index is 12.5. The van der Waals surface area contributed by atoms with Gasteiger partial charge in [-0.15, -0.1) is 0 Å². The third-order valence-corrected chi connectivity index (χ3v) is 4.81. The molecule has 0 atom stereocenters. The van der Waals surface area contributed by atoms with E-state index in [9.17, 15) is 4.79 Å². The first-order valence-electron chi connectivity index (χ1n) is 6.41. The molecule has 0 spiro atoms. The van der Waals surface area contributed by atoms with E-state index in [0.29, 0.717) is 12.8 Å². The van der Waals surface area contributed by atoms with Gasteiger partial charge in [-0.25, -0.2) is 0 Å². The van der Waals surface area contributed by atoms with Crippen LogP contribution in [-0.2, 0) is 9.53 Å². The Morgan fingerprint density at radius 1 is 1.42 bits per heavy atom. The van der Waals surface area contributed by atoms with Crippen LogP contribution in [0.2, 0.25) is 0 Å². The summed E-state index contributed by atoms with van der Waals surface area (Å²) in [6.07, 6.45) is 1.41. The van der Waals surface area contributed by atoms with Crippen LogP contribution in [0.4, 0.5) is 5.69 Å². The molecule has 1 aromatic rings. The van der Waals surface area contributed by atoms with Crippen LogP contribution in [-0.4, -0.2) is 31.7 Å². The number of ether oxygens (including phenoxy) is 1. The molecular formula is C14H19IN2O2. The number of rotatable bonds is 3. The lowest BCUT2D eigenvalue weighted by molar-refractivity contribution is -0.140. The number of hydrogen-bond donors (Lipinski definition) is 2. The average Bonchev–Trinajstić information content (AvgIpc) is 2.43. The second-order valence-electron chi connectivity index (χ2n) is 4.87. The number of anilines is 1. The fourth-order valence-electron chi connectivity index (χ4n) is 2.27. The SMILES string of the molecule is COC1(C(=O)Nc2ccc(C)c(I)c2)CCNCC1. The van der Waals surface area contributed by atoms with E-state index in [0.717, 1.165) is 22.3 Å². The lowest BCUT2D eigenvalue weighted by Gasteiger charge is -2.34. The van der Waals surface area contributed by atoms with Crippen LogP contribution in [0.1, 0.15) is 18.4 Å². The Morgan fingerprint density at radius 2 is 2.11 bits per heavy atom. The molecule has 1 amide bonds. The Balaban J connectivity index is 2.12. The van der Waals surface area contributed by atoms with Crippen LogP contribution in [0.3, 0.4) is 0 Å². The molecule has 1 saturated heterocycles. The Bertz CT molecular complexity index is 471. The molecule has 0 aromatic heterocycles. The number of hydrogen-bond acceptors (Lipinski definition) is 3. The molecule has 0 unspecified atom stereocenters. The second-order valence-corrected chi connectivity index (χ2v) is 6.03. The molecule has 4 nitrogen and oxygen atoms in total. The minimum Gasteiger partial charge on any atom is -0.368 e. The number of amides is 1. The van der Waals surface area contributed by atoms with Crippen LogP contribution in [0.5, 0.6) is 0 Å². The van der Waals surface area contributed by atoms with Gasteiger partial charge in [0.05, 0.1) is 0 Å². The van der Waals surface area contributed by atoms with Gasteiger partial charge in [0.1, 0.15) is 5.60 Å². The molecule has 1 aliphatic rings. The number of carbonyl (C=O) groups is 1. The summed E-state index contributed by atoms with van der Waals surface area (Å²) in [7, 11) is 1.61. The van der Waals surface area contributed by atoms with Gasteiger partial charge in [-0.2, -0.15) is 0 Å². The molecular weight excluding hydrogens is 355 g/mol. The van der Waals surface area contributed by atoms with Crippen LogP contribution in [0.25, 0.3) is 0 Å². The highest BCUT2D eigenvalue weighted by Crippen LogP contribution is 2.25. The third-order valence-electron chi connectivity index (χ3n) is 3.65. The Labute approximate surface area is 127 Å². The van der Waals surface area contributed by atoms with Crippen molar-refractivity contribution in [1.29, 1.82) is 0 Å². The number of nitrogens with one attached hydrogen (secondary N) is 2. The molecule has 1 heterocycles. The number of halogens is 1. The fourth-order valence-corrected chi connectivity index (χ4v) is 2.79. The zero-order valence-corrected chi connectivity index (χ0v) is 13.4. The van der Waals surface area contributed by atoms with E-state index in [-0.39, 0.29) is 5.91 Å². The highest BCUT2D eigenvalue weighted by molar-refractivity contribution is 14.1. The van der Waals surface area contributed by atoms with Gasteiger partial charge in [-0.1, -0.05) is 6.07 Å². The predicted molar refractivity (Wildman–Crippen MR) is 84.4 cm³/mol. The molecule has 2 N–H and O–H groups in total. The monoisotopic (exact) mass is 374 g/mol. The van der Waals surface area contributed by atoms with Crippen LogP contribution in [0, 0.1) is 10.5 Å². The quantitative estimate of drug-likeness (QED) is 0.799. The van der Waals surface area contributed by atoms with E-state index < -0.39 is 5.60 Å². The van der Waals surface area contributed by atoms with Crippen molar-refractivity contribution in [2.24, 2.45) is 0 Å². The topological polar surface area (TPSA) is 50.4 Å². The van der Waals surface area contributed by atoms with Crippen molar-refractivity contribution >= 4 is 34.2 Å². The zero-order valence-electron chi connectivity index (χ0n) is 11.3. The summed E-state index contributed by atoms with van der Waals surface area (Å²) in [5, 5.41) is 6.22. The summed E-state index contributed by atoms with van der Waals surface area (Å²) in [4.78, 5) is 12.5. The van der Waals surface area contributed by atoms with Gasteiger partial charge in [0.25, 0.3) is 5.91 Å². The molecule has 2 rings (SSSR count). The summed E-state index contributed by atoms with van der Waals surface area (Å²) in [5.74, 6) is -0.0452. The van der Waals surface area contributed by atoms with E-state index in [1.807, 2.05) is 18.2 Å². The van der Waals surface area contributed by atoms with Crippen molar-refractivity contribution in [3.8, 4) is 0 Å². The van der Waals surface area contributed by atoms with Crippen molar-refractivity contribution in [3.05, 3.63) is 27.3 Å². The minimum atomic E-state index is -0.693. The molecule has 19 heavy (non-hydrogen) atoms. The molecule has 0 aliphatic carbocycles. The lowest BCUT2D eigenvalue weighted by Crippen LogP contribution is -2.51. The minimum absolute atomic E-state index is 0.0452. The van der Waals surface area contributed by atoms with E-state index in [1.165, 1.54) is 5.56 Å². The second kappa shape index (κ2) is 6.19. The molecule has 1 fully saturated rings. The molecule has 0 saturated carbocycles. The Hall–Kier alpha value is -0.660. The molecule has 1 aliphatic heterocycles. The van der Waals surface area contributed by atoms with Crippen LogP contribution in [0.15, 0.2) is 18.2 Å². The molecule has 104 valence electrons. The number of carbonyl (C=O) groups excluding carboxylic acids is 1. The number of aryl methyl sites for hydroxylation is 1. The smallest absolute Gasteiger partial charge is 0.256 e. The van der Waals surface area contributed by atoms with Crippen molar-refractivity contribution < 1.29 is 9.53 Å². The molecule has 0 bridgehead atoms. The van der Waals surface area contributed by atoms with E-state index in [2.05, 4.69) is 40.1 Å². The fraction of sp³-hybridized carbons (Fsp3) is 0.500. The van der Waals surface area contributed by atoms with Gasteiger partial charge in [-0.05, 0) is 73.1 Å². The summed E-state index contributed by atoms with van der Waals surface area (Å²) in [5.41, 5.74) is 1.35. The molecule has 1 aromatic carbocycles. The van der Waals surface area contributed by atoms with Crippen molar-refractivity contribution in [3.63, 3.8) is 0 Å². The largest absolute Gasteiger partial charge is 0.368 e. The summed E-state index contributed by atoms with van der Waals surface area (Å²) >= 11 is 2.27. The molecule has 0 radical (unpaired) electrons. The summed E-state index contributed by atoms with van der Waals surface area (Å²) in [6.45, 7) is 3.68. The Kier molecular flexibility index (Phi) is 4.81. The van der Waals surface area contributed by atoms with Crippen molar-refractivity contribution in [2.45, 2.75) is 25.4 Å². The van der Waals surface area contributed by atoms with Gasteiger partial charge in [-0.3, -0.25) is 4.79 Å². The number of methoxy groups -OCH3 is 1. The molecule has 5 heteroatoms. The highest BCUT2D eigenvalue weighted by Gasteiger charge is 2.39. The Morgan fingerprint density at radius 3 is 2.68 bits per heavy atom. The van der Waals surface area contributed by atoms with Gasteiger partial charge in [0.2, 0.25) is 0 Å². The average molecular weight is 374 g/mol. The van der Waals surface area contributed by atoms with E-state index in [1.54, 1.807) is 7.11 Å². The first-order chi connectivity index (χ1) is 9.07. The zero-order chi connectivity index (χ0) is 13.9. The van der Waals surface area contributed by atoms with Crippen molar-refractivity contribution in [1.82, 2.24) is 5.32 Å². The predicted octanol–water partition coefficient (Wildman–Crippen LogP) is 2.31. The van der Waals surface area contributed by atoms with E-state index >= 15 is 0 Å². The number of benzene rings is 1.